The number of carboxylic acid groups (broad SMARTS) is 1. The van der Waals surface area contributed by atoms with E-state index in [1.54, 1.807) is 0 Å². The molecule has 1 aromatic heterocycles. The predicted octanol–water partition coefficient (Wildman–Crippen LogP) is 5.86. The molecule has 0 bridgehead atoms. The Labute approximate surface area is 254 Å². The second-order valence-electron chi connectivity index (χ2n) is 12.1. The number of hydrogen-bond donors (Lipinski definition) is 3. The zero-order valence-corrected chi connectivity index (χ0v) is 25.8. The number of benzene rings is 2. The van der Waals surface area contributed by atoms with E-state index in [0.29, 0.717) is 11.6 Å². The number of nitrogens with zero attached hydrogens (tertiary/aromatic N) is 2. The fourth-order valence-corrected chi connectivity index (χ4v) is 5.33. The van der Waals surface area contributed by atoms with Crippen molar-refractivity contribution in [3.05, 3.63) is 64.8 Å². The number of para-hydroxylation sites is 1. The molecule has 0 radical (unpaired) electrons. The number of alkyl halides is 3. The molecule has 4 rings (SSSR count). The van der Waals surface area contributed by atoms with E-state index in [4.69, 9.17) is 21.5 Å². The van der Waals surface area contributed by atoms with Crippen molar-refractivity contribution >= 4 is 46.0 Å². The maximum Gasteiger partial charge on any atom is 0.490 e. The van der Waals surface area contributed by atoms with Crippen LogP contribution in [0.15, 0.2) is 48.7 Å². The molecule has 12 heteroatoms. The number of carbonyl (C=O) groups is 3. The molecular formula is C31H38ClF3N4O4. The van der Waals surface area contributed by atoms with E-state index in [2.05, 4.69) is 21.3 Å². The van der Waals surface area contributed by atoms with E-state index in [1.165, 1.54) is 0 Å². The Bertz CT molecular complexity index is 1470. The number of aromatic nitrogens is 1. The van der Waals surface area contributed by atoms with Crippen molar-refractivity contribution in [2.75, 3.05) is 32.1 Å². The zero-order chi connectivity index (χ0) is 32.3. The number of halogens is 4. The summed E-state index contributed by atoms with van der Waals surface area (Å²) in [6.45, 7) is 9.06. The number of amides is 2. The first-order valence-electron chi connectivity index (χ1n) is 13.8. The lowest BCUT2D eigenvalue weighted by Gasteiger charge is -2.39. The number of rotatable bonds is 6. The number of fused-ring (bicyclic) bond motifs is 2. The summed E-state index contributed by atoms with van der Waals surface area (Å²) < 4.78 is 31.7. The smallest absolute Gasteiger partial charge is 0.475 e. The third-order valence-corrected chi connectivity index (χ3v) is 7.49. The van der Waals surface area contributed by atoms with Crippen LogP contribution < -0.4 is 10.2 Å². The number of aromatic amines is 1. The van der Waals surface area contributed by atoms with E-state index in [9.17, 15) is 22.8 Å². The Hall–Kier alpha value is -3.57. The van der Waals surface area contributed by atoms with Gasteiger partial charge in [-0.15, -0.1) is 0 Å². The SMILES string of the molecule is CC(c1c[nH]c2ccccc12)C(NC(=O)C(C)(C)C)C(=O)N1C[C@@H](CN(C)C)Cc2cc(Cl)ccc21.O=C(O)C(F)(F)F. The Morgan fingerprint density at radius 1 is 1.14 bits per heavy atom. The van der Waals surface area contributed by atoms with Gasteiger partial charge in [-0.25, -0.2) is 4.79 Å². The van der Waals surface area contributed by atoms with Gasteiger partial charge in [-0.2, -0.15) is 13.2 Å². The predicted molar refractivity (Wildman–Crippen MR) is 161 cm³/mol. The summed E-state index contributed by atoms with van der Waals surface area (Å²) in [6.07, 6.45) is -2.27. The standard InChI is InChI=1S/C29H37ClN4O2.C2HF3O2/c1-18(23-15-31-24-10-8-7-9-22(23)24)26(32-28(36)29(2,3)4)27(35)34-17-19(16-33(5)6)13-20-14-21(30)11-12-25(20)34;3-2(4,5)1(6)7/h7-12,14-15,18-19,26,31H,13,16-17H2,1-6H3,(H,32,36);(H,6,7)/t18?,19-,26?;/m1./s1. The minimum absolute atomic E-state index is 0.0996. The van der Waals surface area contributed by atoms with E-state index < -0.39 is 23.6 Å². The van der Waals surface area contributed by atoms with Crippen LogP contribution in [-0.4, -0.2) is 72.2 Å². The second-order valence-corrected chi connectivity index (χ2v) is 12.6. The monoisotopic (exact) mass is 622 g/mol. The second kappa shape index (κ2) is 13.4. The third-order valence-electron chi connectivity index (χ3n) is 7.26. The Kier molecular flexibility index (Phi) is 10.6. The highest BCUT2D eigenvalue weighted by Crippen LogP contribution is 2.35. The van der Waals surface area contributed by atoms with Gasteiger partial charge in [0.25, 0.3) is 0 Å². The minimum Gasteiger partial charge on any atom is -0.475 e. The molecule has 1 aliphatic heterocycles. The number of carbonyl (C=O) groups excluding carboxylic acids is 2. The first-order chi connectivity index (χ1) is 19.9. The first kappa shape index (κ1) is 33.9. The largest absolute Gasteiger partial charge is 0.490 e. The van der Waals surface area contributed by atoms with Crippen LogP contribution >= 0.6 is 11.6 Å². The van der Waals surface area contributed by atoms with E-state index in [-0.39, 0.29) is 23.7 Å². The van der Waals surface area contributed by atoms with Crippen molar-refractivity contribution in [2.45, 2.75) is 52.3 Å². The summed E-state index contributed by atoms with van der Waals surface area (Å²) in [5, 5.41) is 12.0. The number of aliphatic carboxylic acids is 1. The Balaban J connectivity index is 0.000000646. The molecular weight excluding hydrogens is 585 g/mol. The third kappa shape index (κ3) is 8.51. The highest BCUT2D eigenvalue weighted by molar-refractivity contribution is 6.30. The van der Waals surface area contributed by atoms with Crippen molar-refractivity contribution < 1.29 is 32.7 Å². The molecule has 43 heavy (non-hydrogen) atoms. The lowest BCUT2D eigenvalue weighted by molar-refractivity contribution is -0.192. The molecule has 1 aliphatic rings. The van der Waals surface area contributed by atoms with Gasteiger partial charge < -0.3 is 25.2 Å². The summed E-state index contributed by atoms with van der Waals surface area (Å²) in [5.74, 6) is -2.99. The Morgan fingerprint density at radius 2 is 1.77 bits per heavy atom. The van der Waals surface area contributed by atoms with Crippen molar-refractivity contribution in [3.63, 3.8) is 0 Å². The zero-order valence-electron chi connectivity index (χ0n) is 25.1. The lowest BCUT2D eigenvalue weighted by atomic mass is 9.87. The lowest BCUT2D eigenvalue weighted by Crippen LogP contribution is -2.55. The van der Waals surface area contributed by atoms with Crippen LogP contribution in [0.25, 0.3) is 10.9 Å². The van der Waals surface area contributed by atoms with Crippen LogP contribution in [0.5, 0.6) is 0 Å². The van der Waals surface area contributed by atoms with Crippen LogP contribution in [-0.2, 0) is 20.8 Å². The number of carboxylic acids is 1. The van der Waals surface area contributed by atoms with Gasteiger partial charge in [-0.3, -0.25) is 9.59 Å². The summed E-state index contributed by atoms with van der Waals surface area (Å²) in [4.78, 5) is 43.8. The summed E-state index contributed by atoms with van der Waals surface area (Å²) in [7, 11) is 4.09. The van der Waals surface area contributed by atoms with Gasteiger partial charge in [0.2, 0.25) is 11.8 Å². The molecule has 2 unspecified atom stereocenters. The van der Waals surface area contributed by atoms with Gasteiger partial charge in [0, 0.05) is 52.2 Å². The fourth-order valence-electron chi connectivity index (χ4n) is 5.14. The van der Waals surface area contributed by atoms with Crippen LogP contribution in [0.4, 0.5) is 18.9 Å². The van der Waals surface area contributed by atoms with Crippen molar-refractivity contribution in [3.8, 4) is 0 Å². The van der Waals surface area contributed by atoms with Crippen LogP contribution in [0.1, 0.15) is 44.7 Å². The van der Waals surface area contributed by atoms with Crippen LogP contribution in [0.3, 0.4) is 0 Å². The summed E-state index contributed by atoms with van der Waals surface area (Å²) in [5.41, 5.74) is 3.34. The summed E-state index contributed by atoms with van der Waals surface area (Å²) >= 11 is 6.34. The molecule has 0 aliphatic carbocycles. The first-order valence-corrected chi connectivity index (χ1v) is 14.2. The van der Waals surface area contributed by atoms with Crippen molar-refractivity contribution in [1.82, 2.24) is 15.2 Å². The molecule has 0 fully saturated rings. The average molecular weight is 623 g/mol. The highest BCUT2D eigenvalue weighted by Gasteiger charge is 2.39. The molecule has 3 aromatic rings. The quantitative estimate of drug-likeness (QED) is 0.320. The molecule has 3 N–H and O–H groups in total. The Morgan fingerprint density at radius 3 is 2.35 bits per heavy atom. The van der Waals surface area contributed by atoms with Gasteiger partial charge >= 0.3 is 12.1 Å². The number of H-pyrrole nitrogens is 1. The maximum atomic E-state index is 14.4. The van der Waals surface area contributed by atoms with Gasteiger partial charge in [0.1, 0.15) is 6.04 Å². The van der Waals surface area contributed by atoms with E-state index >= 15 is 0 Å². The molecule has 3 atom stereocenters. The molecule has 8 nitrogen and oxygen atoms in total. The number of nitrogens with one attached hydrogen (secondary N) is 2. The van der Waals surface area contributed by atoms with Crippen molar-refractivity contribution in [1.29, 1.82) is 0 Å². The molecule has 0 saturated carbocycles. The van der Waals surface area contributed by atoms with E-state index in [1.807, 2.05) is 89.3 Å². The van der Waals surface area contributed by atoms with Gasteiger partial charge in [-0.05, 0) is 61.8 Å². The maximum absolute atomic E-state index is 14.4. The molecule has 0 spiro atoms. The number of hydrogen-bond acceptors (Lipinski definition) is 4. The minimum atomic E-state index is -5.08. The normalized spacial score (nSPS) is 16.6. The fraction of sp³-hybridized carbons (Fsp3) is 0.452. The molecule has 234 valence electrons. The van der Waals surface area contributed by atoms with E-state index in [0.717, 1.165) is 40.7 Å². The van der Waals surface area contributed by atoms with Gasteiger partial charge in [0.05, 0.1) is 0 Å². The highest BCUT2D eigenvalue weighted by atomic mass is 35.5. The van der Waals surface area contributed by atoms with Gasteiger partial charge in [0.15, 0.2) is 0 Å². The molecule has 2 amide bonds. The summed E-state index contributed by atoms with van der Waals surface area (Å²) in [6, 6.07) is 13.1. The average Bonchev–Trinajstić information content (AvgIpc) is 3.33. The van der Waals surface area contributed by atoms with Gasteiger partial charge in [-0.1, -0.05) is 57.5 Å². The number of anilines is 1. The topological polar surface area (TPSA) is 106 Å². The van der Waals surface area contributed by atoms with Crippen LogP contribution in [0, 0.1) is 11.3 Å². The van der Waals surface area contributed by atoms with Crippen LogP contribution in [0.2, 0.25) is 5.02 Å². The molecule has 2 heterocycles. The molecule has 0 saturated heterocycles. The van der Waals surface area contributed by atoms with Crippen molar-refractivity contribution in [2.24, 2.45) is 11.3 Å². The molecule has 2 aromatic carbocycles.